The van der Waals surface area contributed by atoms with Crippen LogP contribution in [0.15, 0.2) is 26.2 Å². The van der Waals surface area contributed by atoms with Gasteiger partial charge in [-0.2, -0.15) is 9.29 Å². The average molecular weight is 425 g/mol. The third-order valence-corrected chi connectivity index (χ3v) is 8.96. The number of nitrogens with one attached hydrogen (secondary N) is 1. The van der Waals surface area contributed by atoms with Crippen LogP contribution in [0.2, 0.25) is 0 Å². The third-order valence-electron chi connectivity index (χ3n) is 5.69. The summed E-state index contributed by atoms with van der Waals surface area (Å²) in [4.78, 5) is 17.3. The van der Waals surface area contributed by atoms with Crippen molar-refractivity contribution in [2.75, 3.05) is 13.1 Å². The van der Waals surface area contributed by atoms with Gasteiger partial charge >= 0.3 is 0 Å². The Morgan fingerprint density at radius 3 is 2.61 bits per heavy atom. The van der Waals surface area contributed by atoms with Gasteiger partial charge in [-0.3, -0.25) is 4.79 Å². The smallest absolute Gasteiger partial charge is 0.252 e. The summed E-state index contributed by atoms with van der Waals surface area (Å²) in [6.07, 6.45) is 4.62. The Hall–Kier alpha value is -1.78. The Morgan fingerprint density at radius 1 is 1.32 bits per heavy atom. The fourth-order valence-electron chi connectivity index (χ4n) is 4.11. The molecule has 4 rings (SSSR count). The van der Waals surface area contributed by atoms with Crippen molar-refractivity contribution in [3.63, 3.8) is 0 Å². The van der Waals surface area contributed by atoms with Gasteiger partial charge in [0.2, 0.25) is 11.8 Å². The molecule has 0 aromatic carbocycles. The van der Waals surface area contributed by atoms with Gasteiger partial charge < -0.3 is 9.84 Å². The van der Waals surface area contributed by atoms with Gasteiger partial charge in [0.15, 0.2) is 5.82 Å². The summed E-state index contributed by atoms with van der Waals surface area (Å²) in [5, 5.41) is 8.99. The number of sulfonamides is 1. The maximum atomic E-state index is 13.0. The molecule has 1 amide bonds. The summed E-state index contributed by atoms with van der Waals surface area (Å²) in [6, 6.07) is 3.36. The standard InChI is InChI=1S/C18H24N4O4S2/c1-13-19-17(21-26-13)18(8-2-3-9-18)20-16(23)14-6-10-22(11-7-14)28(24,25)15-5-4-12-27-15/h4-5,12,14H,2-3,6-11H2,1H3,(H,20,23). The van der Waals surface area contributed by atoms with E-state index in [1.807, 2.05) is 0 Å². The van der Waals surface area contributed by atoms with E-state index in [1.165, 1.54) is 15.6 Å². The van der Waals surface area contributed by atoms with Crippen LogP contribution >= 0.6 is 11.3 Å². The molecule has 0 spiro atoms. The number of rotatable bonds is 5. The van der Waals surface area contributed by atoms with Gasteiger partial charge in [0.25, 0.3) is 10.0 Å². The minimum Gasteiger partial charge on any atom is -0.343 e. The van der Waals surface area contributed by atoms with E-state index in [0.717, 1.165) is 25.7 Å². The van der Waals surface area contributed by atoms with Crippen LogP contribution in [0.25, 0.3) is 0 Å². The lowest BCUT2D eigenvalue weighted by Gasteiger charge is -2.33. The van der Waals surface area contributed by atoms with Crippen LogP contribution in [0.4, 0.5) is 0 Å². The number of nitrogens with zero attached hydrogens (tertiary/aromatic N) is 3. The molecule has 8 nitrogen and oxygen atoms in total. The Balaban J connectivity index is 1.41. The van der Waals surface area contributed by atoms with E-state index >= 15 is 0 Å². The molecule has 1 aliphatic heterocycles. The van der Waals surface area contributed by atoms with Crippen LogP contribution in [-0.4, -0.2) is 41.9 Å². The monoisotopic (exact) mass is 424 g/mol. The molecular weight excluding hydrogens is 400 g/mol. The highest BCUT2D eigenvalue weighted by molar-refractivity contribution is 7.91. The molecule has 3 heterocycles. The van der Waals surface area contributed by atoms with E-state index in [2.05, 4.69) is 15.5 Å². The molecule has 152 valence electrons. The lowest BCUT2D eigenvalue weighted by Crippen LogP contribution is -2.49. The van der Waals surface area contributed by atoms with Crippen molar-refractivity contribution in [1.29, 1.82) is 0 Å². The molecule has 10 heteroatoms. The molecule has 28 heavy (non-hydrogen) atoms. The topological polar surface area (TPSA) is 105 Å². The maximum Gasteiger partial charge on any atom is 0.252 e. The van der Waals surface area contributed by atoms with Gasteiger partial charge in [0.05, 0.1) is 0 Å². The molecule has 2 fully saturated rings. The molecule has 2 aromatic rings. The zero-order valence-electron chi connectivity index (χ0n) is 15.8. The predicted molar refractivity (Wildman–Crippen MR) is 103 cm³/mol. The van der Waals surface area contributed by atoms with Crippen LogP contribution in [0.5, 0.6) is 0 Å². The van der Waals surface area contributed by atoms with Gasteiger partial charge in [-0.25, -0.2) is 8.42 Å². The highest BCUT2D eigenvalue weighted by Crippen LogP contribution is 2.38. The number of amides is 1. The molecule has 0 unspecified atom stereocenters. The fourth-order valence-corrected chi connectivity index (χ4v) is 6.72. The molecule has 0 bridgehead atoms. The Bertz CT molecular complexity index is 925. The number of hydrogen-bond donors (Lipinski definition) is 1. The van der Waals surface area contributed by atoms with Crippen molar-refractivity contribution in [2.24, 2.45) is 5.92 Å². The highest BCUT2D eigenvalue weighted by Gasteiger charge is 2.43. The van der Waals surface area contributed by atoms with Crippen LogP contribution in [0.1, 0.15) is 50.2 Å². The van der Waals surface area contributed by atoms with Gasteiger partial charge in [-0.05, 0) is 37.1 Å². The SMILES string of the molecule is Cc1nc(C2(NC(=O)C3CCN(S(=O)(=O)c4cccs4)CC3)CCCC2)no1. The zero-order chi connectivity index (χ0) is 19.8. The first-order chi connectivity index (χ1) is 13.4. The van der Waals surface area contributed by atoms with Crippen molar-refractivity contribution < 1.29 is 17.7 Å². The lowest BCUT2D eigenvalue weighted by atomic mass is 9.92. The van der Waals surface area contributed by atoms with Gasteiger partial charge in [-0.15, -0.1) is 11.3 Å². The molecular formula is C18H24N4O4S2. The summed E-state index contributed by atoms with van der Waals surface area (Å²) >= 11 is 1.22. The maximum absolute atomic E-state index is 13.0. The molecule has 0 radical (unpaired) electrons. The summed E-state index contributed by atoms with van der Waals surface area (Å²) in [7, 11) is -3.45. The number of thiophene rings is 1. The number of aromatic nitrogens is 2. The van der Waals surface area contributed by atoms with Crippen LogP contribution in [0, 0.1) is 12.8 Å². The second kappa shape index (κ2) is 7.57. The molecule has 1 saturated heterocycles. The van der Waals surface area contributed by atoms with E-state index in [1.54, 1.807) is 24.4 Å². The van der Waals surface area contributed by atoms with Crippen molar-refractivity contribution in [2.45, 2.75) is 55.2 Å². The van der Waals surface area contributed by atoms with Crippen molar-refractivity contribution >= 4 is 27.3 Å². The van der Waals surface area contributed by atoms with E-state index < -0.39 is 15.6 Å². The second-order valence-electron chi connectivity index (χ2n) is 7.53. The van der Waals surface area contributed by atoms with E-state index in [-0.39, 0.29) is 11.8 Å². The molecule has 2 aliphatic rings. The van der Waals surface area contributed by atoms with Crippen molar-refractivity contribution in [3.05, 3.63) is 29.2 Å². The van der Waals surface area contributed by atoms with Gasteiger partial charge in [0.1, 0.15) is 9.75 Å². The van der Waals surface area contributed by atoms with Crippen LogP contribution < -0.4 is 5.32 Å². The minimum atomic E-state index is -3.45. The molecule has 0 atom stereocenters. The summed E-state index contributed by atoms with van der Waals surface area (Å²) in [5.41, 5.74) is -0.560. The van der Waals surface area contributed by atoms with Crippen molar-refractivity contribution in [1.82, 2.24) is 19.8 Å². The second-order valence-corrected chi connectivity index (χ2v) is 10.6. The van der Waals surface area contributed by atoms with E-state index in [0.29, 0.717) is 41.9 Å². The first kappa shape index (κ1) is 19.5. The van der Waals surface area contributed by atoms with Crippen LogP contribution in [-0.2, 0) is 20.4 Å². The number of piperidine rings is 1. The average Bonchev–Trinajstić information content (AvgIpc) is 3.44. The third kappa shape index (κ3) is 3.60. The first-order valence-corrected chi connectivity index (χ1v) is 11.9. The Kier molecular flexibility index (Phi) is 5.28. The molecule has 1 saturated carbocycles. The first-order valence-electron chi connectivity index (χ1n) is 9.57. The van der Waals surface area contributed by atoms with E-state index in [9.17, 15) is 13.2 Å². The Morgan fingerprint density at radius 2 is 2.04 bits per heavy atom. The number of hydrogen-bond acceptors (Lipinski definition) is 7. The number of aryl methyl sites for hydroxylation is 1. The van der Waals surface area contributed by atoms with Gasteiger partial charge in [0, 0.05) is 25.9 Å². The fraction of sp³-hybridized carbons (Fsp3) is 0.611. The summed E-state index contributed by atoms with van der Waals surface area (Å²) < 4.78 is 32.3. The summed E-state index contributed by atoms with van der Waals surface area (Å²) in [5.74, 6) is 0.786. The number of carbonyl (C=O) groups is 1. The Labute approximate surface area is 168 Å². The normalized spacial score (nSPS) is 21.0. The molecule has 1 aliphatic carbocycles. The quantitative estimate of drug-likeness (QED) is 0.790. The van der Waals surface area contributed by atoms with Gasteiger partial charge in [-0.1, -0.05) is 24.1 Å². The van der Waals surface area contributed by atoms with Crippen molar-refractivity contribution in [3.8, 4) is 0 Å². The highest BCUT2D eigenvalue weighted by atomic mass is 32.2. The van der Waals surface area contributed by atoms with Crippen LogP contribution in [0.3, 0.4) is 0 Å². The molecule has 2 aromatic heterocycles. The molecule has 1 N–H and O–H groups in total. The lowest BCUT2D eigenvalue weighted by molar-refractivity contribution is -0.128. The number of carbonyl (C=O) groups excluding carboxylic acids is 1. The summed E-state index contributed by atoms with van der Waals surface area (Å²) in [6.45, 7) is 2.45. The predicted octanol–water partition coefficient (Wildman–Crippen LogP) is 2.43. The minimum absolute atomic E-state index is 0.0440. The zero-order valence-corrected chi connectivity index (χ0v) is 17.4. The largest absolute Gasteiger partial charge is 0.343 e. The van der Waals surface area contributed by atoms with E-state index in [4.69, 9.17) is 4.52 Å².